The van der Waals surface area contributed by atoms with Crippen LogP contribution in [0.1, 0.15) is 26.3 Å². The number of thiazole rings is 1. The van der Waals surface area contributed by atoms with Crippen LogP contribution >= 0.6 is 22.9 Å². The Kier molecular flexibility index (Phi) is 6.61. The molecule has 31 heavy (non-hydrogen) atoms. The second kappa shape index (κ2) is 8.88. The van der Waals surface area contributed by atoms with Gasteiger partial charge in [0, 0.05) is 18.2 Å². The fraction of sp³-hybridized carbons (Fsp3) is 0.350. The van der Waals surface area contributed by atoms with Crippen LogP contribution in [-0.4, -0.2) is 28.2 Å². The number of benzene rings is 1. The van der Waals surface area contributed by atoms with E-state index in [1.54, 1.807) is 32.9 Å². The number of nitrogens with zero attached hydrogens (tertiary/aromatic N) is 2. The molecule has 0 saturated carbocycles. The lowest BCUT2D eigenvalue weighted by molar-refractivity contribution is -0.153. The summed E-state index contributed by atoms with van der Waals surface area (Å²) in [4.78, 5) is 28.0. The number of hydrogen-bond donors (Lipinski definition) is 0. The maximum Gasteiger partial charge on any atom is 0.417 e. The smallest absolute Gasteiger partial charge is 0.417 e. The third kappa shape index (κ3) is 4.85. The first-order valence-electron chi connectivity index (χ1n) is 9.25. The fourth-order valence-corrected chi connectivity index (χ4v) is 3.95. The Morgan fingerprint density at radius 2 is 2.00 bits per heavy atom. The van der Waals surface area contributed by atoms with Crippen molar-refractivity contribution >= 4 is 39.1 Å². The van der Waals surface area contributed by atoms with Gasteiger partial charge in [0.2, 0.25) is 0 Å². The third-order valence-electron chi connectivity index (χ3n) is 4.30. The Morgan fingerprint density at radius 1 is 1.29 bits per heavy atom. The van der Waals surface area contributed by atoms with Gasteiger partial charge in [-0.25, -0.2) is 14.3 Å². The summed E-state index contributed by atoms with van der Waals surface area (Å²) in [5.74, 6) is -0.555. The maximum absolute atomic E-state index is 12.9. The zero-order chi connectivity index (χ0) is 22.9. The minimum Gasteiger partial charge on any atom is -0.478 e. The van der Waals surface area contributed by atoms with E-state index >= 15 is 0 Å². The topological polar surface area (TPSA) is 70.4 Å². The summed E-state index contributed by atoms with van der Waals surface area (Å²) in [6.07, 6.45) is -4.87. The van der Waals surface area contributed by atoms with Gasteiger partial charge in [-0.05, 0) is 25.1 Å². The number of carbonyl (C=O) groups is 1. The van der Waals surface area contributed by atoms with Crippen molar-refractivity contribution in [3.05, 3.63) is 50.7 Å². The molecule has 0 amide bonds. The molecule has 0 saturated heterocycles. The van der Waals surface area contributed by atoms with Gasteiger partial charge in [-0.15, -0.1) is 0 Å². The summed E-state index contributed by atoms with van der Waals surface area (Å²) in [5.41, 5.74) is -0.680. The molecule has 0 radical (unpaired) electrons. The number of rotatable bonds is 6. The summed E-state index contributed by atoms with van der Waals surface area (Å²) in [6.45, 7) is 5.48. The van der Waals surface area contributed by atoms with Gasteiger partial charge in [0.15, 0.2) is 11.9 Å². The molecule has 0 N–H and O–H groups in total. The SMILES string of the molecule is CCOC(=O)C(Oc1ccc2sc(=O)n(-c3ncc(C(F)(F)F)cc3Cl)c2c1)C(C)C. The quantitative estimate of drug-likeness (QED) is 0.466. The summed E-state index contributed by atoms with van der Waals surface area (Å²) in [6, 6.07) is 5.44. The molecule has 0 aliphatic carbocycles. The van der Waals surface area contributed by atoms with Crippen LogP contribution < -0.4 is 9.61 Å². The molecular weight excluding hydrogens is 457 g/mol. The number of alkyl halides is 3. The summed E-state index contributed by atoms with van der Waals surface area (Å²) >= 11 is 6.91. The van der Waals surface area contributed by atoms with Crippen molar-refractivity contribution in [1.82, 2.24) is 9.55 Å². The van der Waals surface area contributed by atoms with Gasteiger partial charge in [-0.2, -0.15) is 13.2 Å². The van der Waals surface area contributed by atoms with Crippen molar-refractivity contribution in [3.8, 4) is 11.6 Å². The van der Waals surface area contributed by atoms with E-state index in [0.29, 0.717) is 16.4 Å². The van der Waals surface area contributed by atoms with Crippen molar-refractivity contribution in [2.24, 2.45) is 5.92 Å². The molecular formula is C20H18ClF3N2O4S. The Hall–Kier alpha value is -2.59. The van der Waals surface area contributed by atoms with E-state index in [2.05, 4.69) is 4.98 Å². The number of fused-ring (bicyclic) bond motifs is 1. The normalized spacial score (nSPS) is 12.9. The molecule has 3 aromatic rings. The molecule has 1 atom stereocenters. The van der Waals surface area contributed by atoms with E-state index in [1.807, 2.05) is 0 Å². The van der Waals surface area contributed by atoms with Crippen LogP contribution in [0, 0.1) is 5.92 Å². The molecule has 2 aromatic heterocycles. The molecule has 11 heteroatoms. The first-order valence-corrected chi connectivity index (χ1v) is 10.4. The molecule has 0 fully saturated rings. The molecule has 0 spiro atoms. The monoisotopic (exact) mass is 474 g/mol. The van der Waals surface area contributed by atoms with E-state index in [4.69, 9.17) is 21.1 Å². The number of ether oxygens (including phenoxy) is 2. The molecule has 0 bridgehead atoms. The Labute approximate surface area is 184 Å². The highest BCUT2D eigenvalue weighted by molar-refractivity contribution is 7.16. The predicted octanol–water partition coefficient (Wildman–Crippen LogP) is 5.09. The van der Waals surface area contributed by atoms with Crippen molar-refractivity contribution in [3.63, 3.8) is 0 Å². The zero-order valence-electron chi connectivity index (χ0n) is 16.7. The van der Waals surface area contributed by atoms with E-state index in [0.717, 1.165) is 22.0 Å². The molecule has 0 aliphatic heterocycles. The lowest BCUT2D eigenvalue weighted by atomic mass is 10.1. The standard InChI is InChI=1S/C20H18ClF3N2O4S/c1-4-29-18(27)16(10(2)3)30-12-5-6-15-14(8-12)26(19(28)31-15)17-13(21)7-11(9-25-17)20(22,23)24/h5-10,16H,4H2,1-3H3. The molecule has 1 aromatic carbocycles. The van der Waals surface area contributed by atoms with Crippen LogP contribution in [-0.2, 0) is 15.7 Å². The van der Waals surface area contributed by atoms with E-state index in [-0.39, 0.29) is 29.1 Å². The lowest BCUT2D eigenvalue weighted by Gasteiger charge is -2.20. The summed E-state index contributed by atoms with van der Waals surface area (Å²) in [5, 5.41) is -0.325. The molecule has 1 unspecified atom stereocenters. The second-order valence-corrected chi connectivity index (χ2v) is 8.30. The van der Waals surface area contributed by atoms with Gasteiger partial charge in [-0.1, -0.05) is 36.8 Å². The maximum atomic E-state index is 12.9. The minimum absolute atomic E-state index is 0.131. The molecule has 3 rings (SSSR count). The molecule has 0 aliphatic rings. The Balaban J connectivity index is 2.06. The van der Waals surface area contributed by atoms with Gasteiger partial charge in [0.05, 0.1) is 27.4 Å². The summed E-state index contributed by atoms with van der Waals surface area (Å²) in [7, 11) is 0. The highest BCUT2D eigenvalue weighted by Gasteiger charge is 2.32. The van der Waals surface area contributed by atoms with Crippen molar-refractivity contribution < 1.29 is 27.4 Å². The number of carbonyl (C=O) groups excluding carboxylic acids is 1. The average molecular weight is 475 g/mol. The highest BCUT2D eigenvalue weighted by atomic mass is 35.5. The molecule has 2 heterocycles. The number of aromatic nitrogens is 2. The van der Waals surface area contributed by atoms with Crippen molar-refractivity contribution in [2.45, 2.75) is 33.1 Å². The van der Waals surface area contributed by atoms with Crippen molar-refractivity contribution in [1.29, 1.82) is 0 Å². The van der Waals surface area contributed by atoms with Crippen LogP contribution in [0.25, 0.3) is 16.0 Å². The number of halogens is 4. The van der Waals surface area contributed by atoms with Gasteiger partial charge >= 0.3 is 17.0 Å². The van der Waals surface area contributed by atoms with E-state index in [9.17, 15) is 22.8 Å². The summed E-state index contributed by atoms with van der Waals surface area (Å²) < 4.78 is 51.3. The first kappa shape index (κ1) is 23.1. The van der Waals surface area contributed by atoms with Gasteiger partial charge < -0.3 is 9.47 Å². The number of hydrogen-bond acceptors (Lipinski definition) is 6. The van der Waals surface area contributed by atoms with Gasteiger partial charge in [-0.3, -0.25) is 4.79 Å². The molecule has 166 valence electrons. The van der Waals surface area contributed by atoms with E-state index in [1.165, 1.54) is 6.07 Å². The Bertz CT molecular complexity index is 1170. The van der Waals surface area contributed by atoms with Crippen LogP contribution in [0.4, 0.5) is 13.2 Å². The fourth-order valence-electron chi connectivity index (χ4n) is 2.85. The lowest BCUT2D eigenvalue weighted by Crippen LogP contribution is -2.34. The largest absolute Gasteiger partial charge is 0.478 e. The van der Waals surface area contributed by atoms with Crippen LogP contribution in [0.3, 0.4) is 0 Å². The van der Waals surface area contributed by atoms with Crippen LogP contribution in [0.5, 0.6) is 5.75 Å². The van der Waals surface area contributed by atoms with Crippen LogP contribution in [0.2, 0.25) is 5.02 Å². The zero-order valence-corrected chi connectivity index (χ0v) is 18.3. The van der Waals surface area contributed by atoms with Gasteiger partial charge in [0.1, 0.15) is 5.75 Å². The number of esters is 1. The first-order chi connectivity index (χ1) is 14.5. The third-order valence-corrected chi connectivity index (χ3v) is 5.50. The minimum atomic E-state index is -4.61. The highest BCUT2D eigenvalue weighted by Crippen LogP contribution is 2.33. The van der Waals surface area contributed by atoms with Crippen LogP contribution in [0.15, 0.2) is 35.3 Å². The average Bonchev–Trinajstić information content (AvgIpc) is 3.00. The predicted molar refractivity (Wildman–Crippen MR) is 111 cm³/mol. The van der Waals surface area contributed by atoms with E-state index < -0.39 is 28.7 Å². The second-order valence-electron chi connectivity index (χ2n) is 6.89. The van der Waals surface area contributed by atoms with Crippen molar-refractivity contribution in [2.75, 3.05) is 6.61 Å². The number of pyridine rings is 1. The molecule has 6 nitrogen and oxygen atoms in total. The van der Waals surface area contributed by atoms with Gasteiger partial charge in [0.25, 0.3) is 0 Å². The Morgan fingerprint density at radius 3 is 2.58 bits per heavy atom.